The van der Waals surface area contributed by atoms with Crippen molar-refractivity contribution in [1.29, 1.82) is 0 Å². The molecular weight excluding hydrogens is 445 g/mol. The lowest BCUT2D eigenvalue weighted by molar-refractivity contribution is 0.161. The molecule has 7 heteroatoms. The normalized spacial score (nSPS) is 9.46. The van der Waals surface area contributed by atoms with Crippen LogP contribution in [0.3, 0.4) is 0 Å². The quantitative estimate of drug-likeness (QED) is 0.333. The summed E-state index contributed by atoms with van der Waals surface area (Å²) in [6.07, 6.45) is 4.96. The van der Waals surface area contributed by atoms with Crippen LogP contribution < -0.4 is 4.90 Å². The standard InChI is InChI=1S/C14H11FN2.C10H13NO3.2C2H6/c15-14-3-1-2-12-5-4-11(8-13(12)14)9-17-7-6-16-10-17;1-3-14-10(13)11(2)8-5-4-6-9(12)7-8;2*1-2/h1-8,10H,9H2;4-7,12H,3H2,1-2H3;2*1-2H3. The highest BCUT2D eigenvalue weighted by Gasteiger charge is 2.11. The van der Waals surface area contributed by atoms with Gasteiger partial charge in [0.25, 0.3) is 0 Å². The number of aromatic nitrogens is 2. The van der Waals surface area contributed by atoms with Gasteiger partial charge in [-0.3, -0.25) is 4.90 Å². The Hall–Kier alpha value is -3.87. The number of aromatic hydroxyl groups is 1. The van der Waals surface area contributed by atoms with E-state index in [0.717, 1.165) is 10.9 Å². The highest BCUT2D eigenvalue weighted by Crippen LogP contribution is 2.20. The van der Waals surface area contributed by atoms with E-state index < -0.39 is 6.09 Å². The summed E-state index contributed by atoms with van der Waals surface area (Å²) < 4.78 is 20.4. The smallest absolute Gasteiger partial charge is 0.413 e. The molecule has 0 unspecified atom stereocenters. The van der Waals surface area contributed by atoms with Crippen molar-refractivity contribution in [3.8, 4) is 5.75 Å². The zero-order valence-electron chi connectivity index (χ0n) is 21.4. The number of amides is 1. The molecule has 35 heavy (non-hydrogen) atoms. The molecule has 0 radical (unpaired) electrons. The molecule has 188 valence electrons. The molecule has 0 saturated heterocycles. The molecule has 4 rings (SSSR count). The number of ether oxygens (including phenoxy) is 1. The number of phenols is 1. The largest absolute Gasteiger partial charge is 0.508 e. The van der Waals surface area contributed by atoms with Crippen molar-refractivity contribution in [2.45, 2.75) is 41.2 Å². The predicted octanol–water partition coefficient (Wildman–Crippen LogP) is 7.26. The second kappa shape index (κ2) is 15.9. The van der Waals surface area contributed by atoms with Crippen LogP contribution in [0.1, 0.15) is 40.2 Å². The average molecular weight is 482 g/mol. The lowest BCUT2D eigenvalue weighted by Crippen LogP contribution is -2.26. The summed E-state index contributed by atoms with van der Waals surface area (Å²) in [6, 6.07) is 17.4. The van der Waals surface area contributed by atoms with Crippen molar-refractivity contribution in [2.24, 2.45) is 0 Å². The molecule has 0 saturated carbocycles. The maximum Gasteiger partial charge on any atom is 0.413 e. The first-order valence-electron chi connectivity index (χ1n) is 11.8. The average Bonchev–Trinajstić information content (AvgIpc) is 3.40. The van der Waals surface area contributed by atoms with Gasteiger partial charge >= 0.3 is 6.09 Å². The number of fused-ring (bicyclic) bond motifs is 1. The first-order chi connectivity index (χ1) is 17.0. The minimum absolute atomic E-state index is 0.124. The van der Waals surface area contributed by atoms with Gasteiger partial charge in [0.2, 0.25) is 0 Å². The van der Waals surface area contributed by atoms with Gasteiger partial charge in [-0.25, -0.2) is 14.2 Å². The summed E-state index contributed by atoms with van der Waals surface area (Å²) in [5.74, 6) is -0.0476. The second-order valence-corrected chi connectivity index (χ2v) is 6.81. The van der Waals surface area contributed by atoms with E-state index >= 15 is 0 Å². The van der Waals surface area contributed by atoms with E-state index in [1.807, 2.05) is 62.7 Å². The van der Waals surface area contributed by atoms with Crippen LogP contribution in [0.2, 0.25) is 0 Å². The molecule has 0 bridgehead atoms. The fourth-order valence-corrected chi connectivity index (χ4v) is 3.00. The van der Waals surface area contributed by atoms with Gasteiger partial charge in [-0.1, -0.05) is 58.0 Å². The Morgan fingerprint density at radius 2 is 1.77 bits per heavy atom. The molecule has 4 aromatic rings. The molecule has 3 aromatic carbocycles. The van der Waals surface area contributed by atoms with Crippen LogP contribution in [0.25, 0.3) is 10.8 Å². The van der Waals surface area contributed by atoms with Gasteiger partial charge in [-0.05, 0) is 42.1 Å². The highest BCUT2D eigenvalue weighted by molar-refractivity contribution is 5.87. The Morgan fingerprint density at radius 1 is 1.06 bits per heavy atom. The third-order valence-corrected chi connectivity index (χ3v) is 4.58. The molecule has 0 spiro atoms. The molecule has 0 atom stereocenters. The first-order valence-corrected chi connectivity index (χ1v) is 11.8. The molecule has 1 N–H and O–H groups in total. The van der Waals surface area contributed by atoms with Crippen LogP contribution in [0, 0.1) is 5.82 Å². The first kappa shape index (κ1) is 29.2. The van der Waals surface area contributed by atoms with E-state index in [4.69, 9.17) is 4.74 Å². The monoisotopic (exact) mass is 481 g/mol. The van der Waals surface area contributed by atoms with Gasteiger partial charge in [-0.2, -0.15) is 0 Å². The molecule has 0 fully saturated rings. The Balaban J connectivity index is 0.000000312. The zero-order chi connectivity index (χ0) is 26.2. The number of halogens is 1. The van der Waals surface area contributed by atoms with Crippen molar-refractivity contribution >= 4 is 22.6 Å². The third-order valence-electron chi connectivity index (χ3n) is 4.58. The number of hydrogen-bond donors (Lipinski definition) is 1. The maximum absolute atomic E-state index is 13.6. The molecular formula is C28H36FN3O3. The van der Waals surface area contributed by atoms with E-state index in [0.29, 0.717) is 24.2 Å². The minimum atomic E-state index is -0.432. The Labute approximate surface area is 207 Å². The zero-order valence-corrected chi connectivity index (χ0v) is 21.4. The number of carbonyl (C=O) groups excluding carboxylic acids is 1. The molecule has 1 heterocycles. The van der Waals surface area contributed by atoms with E-state index in [2.05, 4.69) is 4.98 Å². The van der Waals surface area contributed by atoms with E-state index in [1.165, 1.54) is 17.0 Å². The SMILES string of the molecule is CC.CC.CCOC(=O)N(C)c1cccc(O)c1.Fc1cccc2ccc(Cn3ccnc3)cc12. The summed E-state index contributed by atoms with van der Waals surface area (Å²) >= 11 is 0. The fraction of sp³-hybridized carbons (Fsp3) is 0.286. The number of phenolic OH excluding ortho intramolecular Hbond substituents is 1. The van der Waals surface area contributed by atoms with Gasteiger partial charge < -0.3 is 14.4 Å². The summed E-state index contributed by atoms with van der Waals surface area (Å²) in [7, 11) is 1.59. The van der Waals surface area contributed by atoms with Gasteiger partial charge in [-0.15, -0.1) is 0 Å². The number of benzene rings is 3. The van der Waals surface area contributed by atoms with Crippen molar-refractivity contribution < 1.29 is 19.0 Å². The van der Waals surface area contributed by atoms with Gasteiger partial charge in [0.1, 0.15) is 11.6 Å². The van der Waals surface area contributed by atoms with Crippen LogP contribution >= 0.6 is 0 Å². The van der Waals surface area contributed by atoms with Crippen molar-refractivity contribution in [2.75, 3.05) is 18.6 Å². The van der Waals surface area contributed by atoms with Gasteiger partial charge in [0, 0.05) is 37.4 Å². The Bertz CT molecular complexity index is 1150. The topological polar surface area (TPSA) is 67.6 Å². The molecule has 0 aliphatic carbocycles. The predicted molar refractivity (Wildman–Crippen MR) is 141 cm³/mol. The second-order valence-electron chi connectivity index (χ2n) is 6.81. The molecule has 0 aliphatic rings. The van der Waals surface area contributed by atoms with E-state index in [1.54, 1.807) is 50.8 Å². The number of hydrogen-bond acceptors (Lipinski definition) is 4. The van der Waals surface area contributed by atoms with Crippen LogP contribution in [-0.2, 0) is 11.3 Å². The van der Waals surface area contributed by atoms with Crippen LogP contribution in [0.5, 0.6) is 5.75 Å². The Kier molecular flexibility index (Phi) is 13.2. The maximum atomic E-state index is 13.6. The summed E-state index contributed by atoms with van der Waals surface area (Å²) in [6.45, 7) is 10.8. The molecule has 1 amide bonds. The summed E-state index contributed by atoms with van der Waals surface area (Å²) in [5, 5.41) is 10.8. The lowest BCUT2D eigenvalue weighted by Gasteiger charge is -2.16. The summed E-state index contributed by atoms with van der Waals surface area (Å²) in [4.78, 5) is 16.6. The van der Waals surface area contributed by atoms with E-state index in [-0.39, 0.29) is 11.6 Å². The summed E-state index contributed by atoms with van der Waals surface area (Å²) in [5.41, 5.74) is 1.67. The lowest BCUT2D eigenvalue weighted by atomic mass is 10.1. The Morgan fingerprint density at radius 3 is 2.40 bits per heavy atom. The number of rotatable bonds is 4. The molecule has 6 nitrogen and oxygen atoms in total. The van der Waals surface area contributed by atoms with Crippen LogP contribution in [0.15, 0.2) is 79.4 Å². The van der Waals surface area contributed by atoms with Gasteiger partial charge in [0.15, 0.2) is 0 Å². The number of nitrogens with zero attached hydrogens (tertiary/aromatic N) is 3. The van der Waals surface area contributed by atoms with Gasteiger partial charge in [0.05, 0.1) is 18.6 Å². The third kappa shape index (κ3) is 9.12. The van der Waals surface area contributed by atoms with Crippen molar-refractivity contribution in [3.05, 3.63) is 90.8 Å². The minimum Gasteiger partial charge on any atom is -0.508 e. The fourth-order valence-electron chi connectivity index (χ4n) is 3.00. The highest BCUT2D eigenvalue weighted by atomic mass is 19.1. The number of anilines is 1. The number of imidazole rings is 1. The van der Waals surface area contributed by atoms with Crippen LogP contribution in [-0.4, -0.2) is 34.4 Å². The number of carbonyl (C=O) groups is 1. The molecule has 1 aromatic heterocycles. The van der Waals surface area contributed by atoms with Crippen molar-refractivity contribution in [1.82, 2.24) is 9.55 Å². The van der Waals surface area contributed by atoms with Crippen molar-refractivity contribution in [3.63, 3.8) is 0 Å². The van der Waals surface area contributed by atoms with E-state index in [9.17, 15) is 14.3 Å². The molecule has 0 aliphatic heterocycles. The van der Waals surface area contributed by atoms with Crippen LogP contribution in [0.4, 0.5) is 14.9 Å².